The molecular weight excluding hydrogens is 435 g/mol. The largest absolute Gasteiger partial charge is 0.386 e. The van der Waals surface area contributed by atoms with E-state index in [1.165, 1.54) is 16.8 Å². The van der Waals surface area contributed by atoms with Crippen LogP contribution in [-0.4, -0.2) is 64.3 Å². The van der Waals surface area contributed by atoms with Crippen LogP contribution in [0.5, 0.6) is 0 Å². The monoisotopic (exact) mass is 469 g/mol. The highest BCUT2D eigenvalue weighted by molar-refractivity contribution is 7.44. The molecule has 5 unspecified atom stereocenters. The lowest BCUT2D eigenvalue weighted by Gasteiger charge is -2.37. The zero-order valence-corrected chi connectivity index (χ0v) is 20.1. The molecule has 10 nitrogen and oxygen atoms in total. The van der Waals surface area contributed by atoms with Crippen molar-refractivity contribution in [3.8, 4) is 0 Å². The topological polar surface area (TPSA) is 110 Å². The van der Waals surface area contributed by atoms with Crippen LogP contribution in [0.25, 0.3) is 4.85 Å². The van der Waals surface area contributed by atoms with E-state index in [-0.39, 0.29) is 31.7 Å². The minimum atomic E-state index is -1.58. The van der Waals surface area contributed by atoms with Gasteiger partial charge in [0.15, 0.2) is 0 Å². The van der Waals surface area contributed by atoms with E-state index in [4.69, 9.17) is 26.9 Å². The van der Waals surface area contributed by atoms with Gasteiger partial charge in [0.05, 0.1) is 6.10 Å². The first-order valence-electron chi connectivity index (χ1n) is 11.0. The first-order chi connectivity index (χ1) is 15.6. The van der Waals surface area contributed by atoms with Gasteiger partial charge in [0.25, 0.3) is 14.1 Å². The Balaban J connectivity index is 2.38. The number of aromatic amines is 1. The summed E-state index contributed by atoms with van der Waals surface area (Å²) in [5.41, 5.74) is -0.691. The van der Waals surface area contributed by atoms with E-state index in [1.54, 1.807) is 6.92 Å². The van der Waals surface area contributed by atoms with Crippen LogP contribution in [0.2, 0.25) is 0 Å². The van der Waals surface area contributed by atoms with E-state index in [0.29, 0.717) is 5.56 Å². The second-order valence-corrected chi connectivity index (χ2v) is 9.54. The summed E-state index contributed by atoms with van der Waals surface area (Å²) < 4.78 is 29.3. The Morgan fingerprint density at radius 3 is 2.75 bits per heavy atom. The maximum atomic E-state index is 12.4. The molecule has 1 aromatic rings. The molecule has 0 spiro atoms. The third-order valence-corrected chi connectivity index (χ3v) is 7.16. The highest BCUT2D eigenvalue weighted by atomic mass is 31.2. The van der Waals surface area contributed by atoms with E-state index < -0.39 is 44.3 Å². The molecule has 0 aliphatic carbocycles. The number of nitrogens with zero attached hydrogens (tertiary/aromatic N) is 3. The van der Waals surface area contributed by atoms with Gasteiger partial charge in [-0.2, -0.15) is 0 Å². The van der Waals surface area contributed by atoms with Crippen molar-refractivity contribution < 1.29 is 18.9 Å². The first kappa shape index (κ1) is 24.8. The second-order valence-electron chi connectivity index (χ2n) is 8.13. The molecule has 0 bridgehead atoms. The summed E-state index contributed by atoms with van der Waals surface area (Å²) in [6.45, 7) is 20.9. The van der Waals surface area contributed by atoms with Gasteiger partial charge in [0.2, 0.25) is 7.98 Å². The summed E-state index contributed by atoms with van der Waals surface area (Å²) in [7, 11) is -1.58. The number of hydrogen-bond donors (Lipinski definition) is 2. The molecule has 2 N–H and O–H groups in total. The Hall–Kier alpha value is -1.86. The van der Waals surface area contributed by atoms with Crippen LogP contribution >= 0.6 is 8.53 Å². The fourth-order valence-electron chi connectivity index (χ4n) is 3.57. The third kappa shape index (κ3) is 6.35. The van der Waals surface area contributed by atoms with Crippen LogP contribution in [0.3, 0.4) is 0 Å². The molecular formula is C21H33N4O6P. The van der Waals surface area contributed by atoms with Crippen LogP contribution in [-0.2, 0) is 13.8 Å². The van der Waals surface area contributed by atoms with Crippen molar-refractivity contribution in [2.75, 3.05) is 13.2 Å². The quantitative estimate of drug-likeness (QED) is 0.209. The minimum Gasteiger partial charge on any atom is -0.386 e. The summed E-state index contributed by atoms with van der Waals surface area (Å²) in [6, 6.07) is 0.209. The predicted octanol–water partition coefficient (Wildman–Crippen LogP) is 2.35. The first-order valence-corrected chi connectivity index (χ1v) is 11.7. The molecule has 0 saturated carbocycles. The lowest BCUT2D eigenvalue weighted by atomic mass is 10.1. The van der Waals surface area contributed by atoms with Crippen molar-refractivity contribution in [3.63, 3.8) is 0 Å². The zero-order valence-electron chi connectivity index (χ0n) is 20.2. The molecule has 5 atom stereocenters. The molecule has 0 amide bonds. The summed E-state index contributed by atoms with van der Waals surface area (Å²) in [5.74, 6) is 0. The SMILES string of the molecule is [2H]OC(C=C)C1OC(n2cc(C)c(=O)[nH]c2=O)CC1OP(OCC[N+]#[C-])N(C(C)C)C(C)C. The van der Waals surface area contributed by atoms with Crippen LogP contribution in [0, 0.1) is 13.5 Å². The van der Waals surface area contributed by atoms with Crippen molar-refractivity contribution in [3.05, 3.63) is 56.7 Å². The molecule has 2 rings (SSSR count). The van der Waals surface area contributed by atoms with Crippen molar-refractivity contribution in [2.45, 2.75) is 77.7 Å². The number of ether oxygens (including phenoxy) is 1. The van der Waals surface area contributed by atoms with Crippen LogP contribution < -0.4 is 11.2 Å². The molecule has 1 fully saturated rings. The number of aliphatic hydroxyl groups excluding tert-OH is 1. The van der Waals surface area contributed by atoms with Crippen molar-refractivity contribution in [2.24, 2.45) is 0 Å². The maximum Gasteiger partial charge on any atom is 0.330 e. The minimum absolute atomic E-state index is 0.104. The van der Waals surface area contributed by atoms with Gasteiger partial charge >= 0.3 is 5.69 Å². The highest BCUT2D eigenvalue weighted by Gasteiger charge is 2.44. The van der Waals surface area contributed by atoms with Crippen molar-refractivity contribution >= 4 is 8.53 Å². The Kier molecular flexibility index (Phi) is 9.17. The van der Waals surface area contributed by atoms with Gasteiger partial charge in [-0.25, -0.2) is 16.0 Å². The highest BCUT2D eigenvalue weighted by Crippen LogP contribution is 2.50. The van der Waals surface area contributed by atoms with E-state index in [1.807, 2.05) is 27.7 Å². The fourth-order valence-corrected chi connectivity index (χ4v) is 5.30. The van der Waals surface area contributed by atoms with E-state index in [9.17, 15) is 9.59 Å². The normalized spacial score (nSPS) is 23.3. The maximum absolute atomic E-state index is 12.4. The molecule has 1 aliphatic heterocycles. The number of nitrogens with one attached hydrogen (secondary N) is 1. The van der Waals surface area contributed by atoms with Crippen molar-refractivity contribution in [1.29, 1.82) is 1.43 Å². The average Bonchev–Trinajstić information content (AvgIpc) is 3.14. The van der Waals surface area contributed by atoms with Gasteiger partial charge in [-0.3, -0.25) is 14.3 Å². The summed E-state index contributed by atoms with van der Waals surface area (Å²) in [4.78, 5) is 29.8. The second kappa shape index (κ2) is 11.8. The molecule has 178 valence electrons. The van der Waals surface area contributed by atoms with E-state index >= 15 is 0 Å². The zero-order chi connectivity index (χ0) is 24.7. The molecule has 32 heavy (non-hydrogen) atoms. The predicted molar refractivity (Wildman–Crippen MR) is 122 cm³/mol. The van der Waals surface area contributed by atoms with Gasteiger partial charge in [0, 0.05) is 30.3 Å². The lowest BCUT2D eigenvalue weighted by Crippen LogP contribution is -2.38. The smallest absolute Gasteiger partial charge is 0.330 e. The fraction of sp³-hybridized carbons (Fsp3) is 0.667. The standard InChI is InChI=1S/C21H33N4O6P/c1-8-16(26)19-17(11-18(30-19)24-12-15(6)20(27)23-21(24)28)31-32(29-10-9-22-7)25(13(2)3)14(4)5/h8,12-14,16-19,26H,1,9-11H2,2-6H3,(H,23,27,28)/i26D. The number of aliphatic hydroxyl groups is 1. The average molecular weight is 469 g/mol. The number of H-pyrrole nitrogens is 1. The number of aromatic nitrogens is 2. The van der Waals surface area contributed by atoms with Crippen LogP contribution in [0.1, 0.15) is 45.9 Å². The Labute approximate surface area is 191 Å². The van der Waals surface area contributed by atoms with Crippen LogP contribution in [0.4, 0.5) is 0 Å². The molecule has 0 radical (unpaired) electrons. The van der Waals surface area contributed by atoms with Gasteiger partial charge in [-0.1, -0.05) is 6.08 Å². The van der Waals surface area contributed by atoms with E-state index in [0.717, 1.165) is 0 Å². The van der Waals surface area contributed by atoms with Gasteiger partial charge < -0.3 is 23.7 Å². The van der Waals surface area contributed by atoms with Gasteiger partial charge in [-0.05, 0) is 34.6 Å². The summed E-state index contributed by atoms with van der Waals surface area (Å²) >= 11 is 0. The van der Waals surface area contributed by atoms with Gasteiger partial charge in [-0.15, -0.1) is 6.58 Å². The molecule has 1 saturated heterocycles. The molecule has 1 aliphatic rings. The Morgan fingerprint density at radius 1 is 1.50 bits per heavy atom. The molecule has 11 heteroatoms. The number of hydrogen-bond acceptors (Lipinski definition) is 7. The number of aryl methyl sites for hydroxylation is 1. The lowest BCUT2D eigenvalue weighted by molar-refractivity contribution is -0.0660. The molecule has 1 aromatic heterocycles. The Morgan fingerprint density at radius 2 is 2.19 bits per heavy atom. The number of rotatable bonds is 12. The molecule has 0 aromatic carbocycles. The van der Waals surface area contributed by atoms with Crippen LogP contribution in [0.15, 0.2) is 28.4 Å². The van der Waals surface area contributed by atoms with Gasteiger partial charge in [0.1, 0.15) is 25.0 Å². The van der Waals surface area contributed by atoms with Crippen molar-refractivity contribution in [1.82, 2.24) is 14.2 Å². The molecule has 2 heterocycles. The summed E-state index contributed by atoms with van der Waals surface area (Å²) in [6.07, 6.45) is 0.264. The van der Waals surface area contributed by atoms with E-state index in [2.05, 4.69) is 21.1 Å². The summed E-state index contributed by atoms with van der Waals surface area (Å²) in [5, 5.41) is 4.80. The third-order valence-electron chi connectivity index (χ3n) is 5.00. The Bertz CT molecular complexity index is 938.